The Labute approximate surface area is 172 Å². The number of hydrogen-bond donors (Lipinski definition) is 1. The second-order valence-corrected chi connectivity index (χ2v) is 7.35. The molecule has 1 amide bonds. The number of amides is 1. The molecule has 0 aliphatic rings. The number of fused-ring (bicyclic) bond motifs is 3. The van der Waals surface area contributed by atoms with Gasteiger partial charge in [-0.1, -0.05) is 15.9 Å². The summed E-state index contributed by atoms with van der Waals surface area (Å²) >= 11 is 3.39. The van der Waals surface area contributed by atoms with Crippen molar-refractivity contribution in [3.63, 3.8) is 0 Å². The summed E-state index contributed by atoms with van der Waals surface area (Å²) in [5.74, 6) is -0.102. The highest BCUT2D eigenvalue weighted by Gasteiger charge is 2.13. The van der Waals surface area contributed by atoms with Crippen molar-refractivity contribution in [2.75, 3.05) is 7.11 Å². The van der Waals surface area contributed by atoms with Gasteiger partial charge in [0.25, 0.3) is 5.56 Å². The lowest BCUT2D eigenvalue weighted by molar-refractivity contribution is -0.122. The topological polar surface area (TPSA) is 77.6 Å². The molecule has 0 radical (unpaired) electrons. The van der Waals surface area contributed by atoms with Gasteiger partial charge in [-0.05, 0) is 42.5 Å². The highest BCUT2D eigenvalue weighted by molar-refractivity contribution is 9.10. The quantitative estimate of drug-likeness (QED) is 0.498. The summed E-state index contributed by atoms with van der Waals surface area (Å²) in [4.78, 5) is 25.1. The molecule has 0 aliphatic carbocycles. The van der Waals surface area contributed by atoms with E-state index in [0.717, 1.165) is 14.7 Å². The first kappa shape index (κ1) is 19.1. The third-order valence-electron chi connectivity index (χ3n) is 4.57. The molecule has 1 N–H and O–H groups in total. The average molecular weight is 459 g/mol. The van der Waals surface area contributed by atoms with Crippen molar-refractivity contribution in [3.8, 4) is 5.75 Å². The van der Waals surface area contributed by atoms with Gasteiger partial charge in [0.15, 0.2) is 0 Å². The van der Waals surface area contributed by atoms with Gasteiger partial charge >= 0.3 is 0 Å². The summed E-state index contributed by atoms with van der Waals surface area (Å²) in [7, 11) is 1.56. The zero-order valence-electron chi connectivity index (χ0n) is 15.4. The van der Waals surface area contributed by atoms with E-state index in [9.17, 15) is 14.0 Å². The van der Waals surface area contributed by atoms with E-state index < -0.39 is 5.56 Å². The van der Waals surface area contributed by atoms with Gasteiger partial charge in [0.05, 0.1) is 12.6 Å². The first-order valence-corrected chi connectivity index (χ1v) is 9.51. The van der Waals surface area contributed by atoms with Gasteiger partial charge in [0.2, 0.25) is 5.91 Å². The molecule has 0 atom stereocenters. The number of ether oxygens (including phenoxy) is 1. The molecule has 0 unspecified atom stereocenters. The van der Waals surface area contributed by atoms with E-state index in [1.807, 2.05) is 12.1 Å². The largest absolute Gasteiger partial charge is 0.496 e. The van der Waals surface area contributed by atoms with Gasteiger partial charge in [-0.15, -0.1) is 0 Å². The molecule has 148 valence electrons. The summed E-state index contributed by atoms with van der Waals surface area (Å²) in [5, 5.41) is 7.43. The molecule has 29 heavy (non-hydrogen) atoms. The van der Waals surface area contributed by atoms with E-state index in [1.54, 1.807) is 29.7 Å². The lowest BCUT2D eigenvalue weighted by Crippen LogP contribution is -2.34. The zero-order chi connectivity index (χ0) is 20.5. The third-order valence-corrected chi connectivity index (χ3v) is 5.07. The van der Waals surface area contributed by atoms with Crippen LogP contribution in [0.5, 0.6) is 5.75 Å². The Morgan fingerprint density at radius 2 is 2.03 bits per heavy atom. The maximum absolute atomic E-state index is 13.4. The van der Waals surface area contributed by atoms with Crippen LogP contribution in [0.3, 0.4) is 0 Å². The molecule has 7 nitrogen and oxygen atoms in total. The van der Waals surface area contributed by atoms with E-state index in [-0.39, 0.29) is 24.8 Å². The van der Waals surface area contributed by atoms with Crippen molar-refractivity contribution < 1.29 is 13.9 Å². The molecule has 0 fully saturated rings. The van der Waals surface area contributed by atoms with E-state index in [2.05, 4.69) is 26.3 Å². The Kier molecular flexibility index (Phi) is 5.06. The van der Waals surface area contributed by atoms with Crippen LogP contribution >= 0.6 is 15.9 Å². The molecule has 9 heteroatoms. The van der Waals surface area contributed by atoms with E-state index in [4.69, 9.17) is 4.74 Å². The minimum atomic E-state index is -0.431. The summed E-state index contributed by atoms with van der Waals surface area (Å²) < 4.78 is 22.3. The van der Waals surface area contributed by atoms with Crippen LogP contribution in [0.15, 0.2) is 58.1 Å². The monoisotopic (exact) mass is 458 g/mol. The lowest BCUT2D eigenvalue weighted by atomic mass is 10.2. The van der Waals surface area contributed by atoms with Crippen molar-refractivity contribution in [3.05, 3.63) is 75.0 Å². The van der Waals surface area contributed by atoms with Gasteiger partial charge in [-0.2, -0.15) is 5.10 Å². The van der Waals surface area contributed by atoms with Crippen LogP contribution in [0.1, 0.15) is 5.56 Å². The van der Waals surface area contributed by atoms with Crippen LogP contribution < -0.4 is 15.6 Å². The Bertz CT molecular complexity index is 1300. The number of nitrogens with one attached hydrogen (secondary N) is 1. The van der Waals surface area contributed by atoms with Crippen molar-refractivity contribution >= 4 is 38.3 Å². The summed E-state index contributed by atoms with van der Waals surface area (Å²) in [6.07, 6.45) is 1.45. The Balaban J connectivity index is 1.55. The van der Waals surface area contributed by atoms with Crippen LogP contribution in [0.25, 0.3) is 16.4 Å². The summed E-state index contributed by atoms with van der Waals surface area (Å²) in [6, 6.07) is 11.3. The maximum Gasteiger partial charge on any atom is 0.291 e. The van der Waals surface area contributed by atoms with Crippen LogP contribution in [-0.4, -0.2) is 27.2 Å². The predicted molar refractivity (Wildman–Crippen MR) is 109 cm³/mol. The number of benzene rings is 2. The number of hydrogen-bond acceptors (Lipinski definition) is 4. The number of rotatable bonds is 5. The zero-order valence-corrected chi connectivity index (χ0v) is 16.9. The summed E-state index contributed by atoms with van der Waals surface area (Å²) in [6.45, 7) is 0.00820. The molecule has 0 saturated heterocycles. The number of methoxy groups -OCH3 is 1. The lowest BCUT2D eigenvalue weighted by Gasteiger charge is -2.11. The fourth-order valence-corrected chi connectivity index (χ4v) is 3.59. The molecular weight excluding hydrogens is 443 g/mol. The molecular formula is C20H16BrFN4O3. The third kappa shape index (κ3) is 3.73. The minimum Gasteiger partial charge on any atom is -0.496 e. The van der Waals surface area contributed by atoms with Crippen LogP contribution in [-0.2, 0) is 17.9 Å². The summed E-state index contributed by atoms with van der Waals surface area (Å²) in [5.41, 5.74) is 1.36. The normalized spacial score (nSPS) is 11.1. The standard InChI is InChI=1S/C20H16BrFN4O3/c1-29-18-5-2-14(21)6-13(18)9-23-19(27)10-26-20(28)17-8-12-7-15(22)3-4-16(12)25(17)11-24-26/h2-8,11H,9-10H2,1H3,(H,23,27). The van der Waals surface area contributed by atoms with Crippen molar-refractivity contribution in [2.24, 2.45) is 0 Å². The van der Waals surface area contributed by atoms with Crippen molar-refractivity contribution in [1.29, 1.82) is 0 Å². The smallest absolute Gasteiger partial charge is 0.291 e. The molecule has 2 heterocycles. The predicted octanol–water partition coefficient (Wildman–Crippen LogP) is 2.88. The molecule has 0 aliphatic heterocycles. The highest BCUT2D eigenvalue weighted by atomic mass is 79.9. The molecule has 4 aromatic rings. The first-order chi connectivity index (χ1) is 14.0. The minimum absolute atomic E-state index is 0.235. The first-order valence-electron chi connectivity index (χ1n) is 8.72. The van der Waals surface area contributed by atoms with Gasteiger partial charge in [-0.25, -0.2) is 9.07 Å². The number of carbonyl (C=O) groups is 1. The Morgan fingerprint density at radius 3 is 2.83 bits per heavy atom. The maximum atomic E-state index is 13.4. The van der Waals surface area contributed by atoms with Gasteiger partial charge in [0, 0.05) is 22.0 Å². The van der Waals surface area contributed by atoms with Gasteiger partial charge in [0.1, 0.15) is 30.0 Å². The molecule has 0 bridgehead atoms. The number of aromatic nitrogens is 3. The van der Waals surface area contributed by atoms with Crippen LogP contribution in [0, 0.1) is 5.82 Å². The molecule has 4 rings (SSSR count). The Hall–Kier alpha value is -3.20. The van der Waals surface area contributed by atoms with Gasteiger partial charge in [-0.3, -0.25) is 14.0 Å². The van der Waals surface area contributed by atoms with Crippen molar-refractivity contribution in [2.45, 2.75) is 13.1 Å². The fraction of sp³-hybridized carbons (Fsp3) is 0.150. The number of carbonyl (C=O) groups excluding carboxylic acids is 1. The number of halogens is 2. The van der Waals surface area contributed by atoms with Crippen LogP contribution in [0.4, 0.5) is 4.39 Å². The molecule has 2 aromatic heterocycles. The molecule has 0 spiro atoms. The second-order valence-electron chi connectivity index (χ2n) is 6.43. The molecule has 2 aromatic carbocycles. The fourth-order valence-electron chi connectivity index (χ4n) is 3.18. The van der Waals surface area contributed by atoms with Crippen LogP contribution in [0.2, 0.25) is 0 Å². The average Bonchev–Trinajstić information content (AvgIpc) is 3.07. The number of nitrogens with zero attached hydrogens (tertiary/aromatic N) is 3. The van der Waals surface area contributed by atoms with Gasteiger partial charge < -0.3 is 10.1 Å². The van der Waals surface area contributed by atoms with E-state index in [0.29, 0.717) is 22.2 Å². The van der Waals surface area contributed by atoms with E-state index in [1.165, 1.54) is 18.5 Å². The second kappa shape index (κ2) is 7.67. The Morgan fingerprint density at radius 1 is 1.21 bits per heavy atom. The highest BCUT2D eigenvalue weighted by Crippen LogP contribution is 2.22. The molecule has 0 saturated carbocycles. The van der Waals surface area contributed by atoms with E-state index >= 15 is 0 Å². The van der Waals surface area contributed by atoms with Crippen molar-refractivity contribution in [1.82, 2.24) is 19.5 Å². The SMILES string of the molecule is COc1ccc(Br)cc1CNC(=O)Cn1ncn2c(cc3cc(F)ccc32)c1=O.